The molecule has 2 heterocycles. The number of ether oxygens (including phenoxy) is 2. The maximum Gasteiger partial charge on any atom is 0.254 e. The molecule has 0 N–H and O–H groups in total. The first-order valence-corrected chi connectivity index (χ1v) is 13.4. The summed E-state index contributed by atoms with van der Waals surface area (Å²) in [5.41, 5.74) is 4.95. The zero-order valence-corrected chi connectivity index (χ0v) is 21.4. The molecule has 1 atom stereocenters. The van der Waals surface area contributed by atoms with Gasteiger partial charge in [0.2, 0.25) is 9.84 Å². The van der Waals surface area contributed by atoms with Crippen LogP contribution in [0.25, 0.3) is 17.1 Å². The number of methoxy groups -OCH3 is 1. The van der Waals surface area contributed by atoms with Crippen LogP contribution in [-0.2, 0) is 14.6 Å². The van der Waals surface area contributed by atoms with Crippen molar-refractivity contribution < 1.29 is 17.9 Å². The summed E-state index contributed by atoms with van der Waals surface area (Å²) < 4.78 is 39.8. The van der Waals surface area contributed by atoms with Gasteiger partial charge in [-0.2, -0.15) is 0 Å². The van der Waals surface area contributed by atoms with Crippen LogP contribution in [0.15, 0.2) is 41.6 Å². The zero-order valence-electron chi connectivity index (χ0n) is 20.5. The van der Waals surface area contributed by atoms with E-state index >= 15 is 0 Å². The Hall–Kier alpha value is -2.71. The summed E-state index contributed by atoms with van der Waals surface area (Å²) in [4.78, 5) is 0. The summed E-state index contributed by atoms with van der Waals surface area (Å²) in [6, 6.07) is 11.5. The number of nitrogens with zero attached hydrogens (tertiary/aromatic N) is 3. The lowest BCUT2D eigenvalue weighted by Gasteiger charge is -2.22. The maximum absolute atomic E-state index is 13.5. The van der Waals surface area contributed by atoms with E-state index < -0.39 is 9.84 Å². The second-order valence-corrected chi connectivity index (χ2v) is 11.2. The van der Waals surface area contributed by atoms with Crippen molar-refractivity contribution in [3.8, 4) is 22.8 Å². The molecule has 0 amide bonds. The molecule has 1 aliphatic heterocycles. The Bertz CT molecular complexity index is 1260. The highest BCUT2D eigenvalue weighted by atomic mass is 32.2. The lowest BCUT2D eigenvalue weighted by Crippen LogP contribution is -2.29. The van der Waals surface area contributed by atoms with Crippen molar-refractivity contribution in [2.75, 3.05) is 19.5 Å². The summed E-state index contributed by atoms with van der Waals surface area (Å²) in [7, 11) is -2.16. The number of hydrogen-bond donors (Lipinski definition) is 0. The largest absolute Gasteiger partial charge is 0.497 e. The minimum Gasteiger partial charge on any atom is -0.497 e. The smallest absolute Gasteiger partial charge is 0.254 e. The molecule has 8 heteroatoms. The molecule has 0 bridgehead atoms. The quantitative estimate of drug-likeness (QED) is 0.469. The van der Waals surface area contributed by atoms with Gasteiger partial charge in [-0.05, 0) is 86.1 Å². The highest BCUT2D eigenvalue weighted by Crippen LogP contribution is 2.33. The van der Waals surface area contributed by atoms with Gasteiger partial charge in [-0.25, -0.2) is 8.42 Å². The van der Waals surface area contributed by atoms with Crippen LogP contribution < -0.4 is 4.74 Å². The topological polar surface area (TPSA) is 83.3 Å². The van der Waals surface area contributed by atoms with E-state index in [4.69, 9.17) is 9.47 Å². The van der Waals surface area contributed by atoms with Crippen LogP contribution in [-0.4, -0.2) is 48.8 Å². The molecule has 0 saturated carbocycles. The van der Waals surface area contributed by atoms with Crippen LogP contribution in [0.5, 0.6) is 5.75 Å². The number of aryl methyl sites for hydroxylation is 2. The predicted molar refractivity (Wildman–Crippen MR) is 133 cm³/mol. The molecule has 2 aromatic carbocycles. The first-order valence-electron chi connectivity index (χ1n) is 11.8. The van der Waals surface area contributed by atoms with Gasteiger partial charge in [0, 0.05) is 12.2 Å². The average Bonchev–Trinajstić information content (AvgIpc) is 3.25. The van der Waals surface area contributed by atoms with Gasteiger partial charge in [-0.15, -0.1) is 10.2 Å². The Morgan fingerprint density at radius 1 is 1.09 bits per heavy atom. The molecular weight excluding hydrogens is 450 g/mol. The highest BCUT2D eigenvalue weighted by molar-refractivity contribution is 7.91. The van der Waals surface area contributed by atoms with Crippen LogP contribution >= 0.6 is 0 Å². The van der Waals surface area contributed by atoms with Crippen LogP contribution in [0.1, 0.15) is 55.7 Å². The van der Waals surface area contributed by atoms with Crippen LogP contribution in [0.3, 0.4) is 0 Å². The normalized spacial score (nSPS) is 16.7. The van der Waals surface area contributed by atoms with Gasteiger partial charge in [0.1, 0.15) is 5.75 Å². The summed E-state index contributed by atoms with van der Waals surface area (Å²) in [5, 5.41) is 8.58. The predicted octanol–water partition coefficient (Wildman–Crippen LogP) is 5.03. The number of aromatic nitrogens is 3. The molecule has 4 rings (SSSR count). The van der Waals surface area contributed by atoms with Crippen molar-refractivity contribution in [1.29, 1.82) is 0 Å². The zero-order chi connectivity index (χ0) is 24.5. The Morgan fingerprint density at radius 2 is 1.82 bits per heavy atom. The Labute approximate surface area is 202 Å². The van der Waals surface area contributed by atoms with E-state index in [0.29, 0.717) is 29.8 Å². The molecular formula is C26H33N3O4S. The molecule has 0 spiro atoms. The molecule has 1 saturated heterocycles. The van der Waals surface area contributed by atoms with Crippen molar-refractivity contribution in [1.82, 2.24) is 14.8 Å². The van der Waals surface area contributed by atoms with Gasteiger partial charge in [-0.1, -0.05) is 19.9 Å². The minimum atomic E-state index is -3.76. The lowest BCUT2D eigenvalue weighted by molar-refractivity contribution is 0.0304. The number of benzene rings is 2. The van der Waals surface area contributed by atoms with E-state index in [1.54, 1.807) is 23.8 Å². The Balaban J connectivity index is 1.88. The molecule has 0 radical (unpaired) electrons. The fraction of sp³-hybridized carbons (Fsp3) is 0.462. The molecule has 1 unspecified atom stereocenters. The molecule has 1 aromatic heterocycles. The van der Waals surface area contributed by atoms with E-state index in [9.17, 15) is 8.42 Å². The molecule has 1 aliphatic rings. The van der Waals surface area contributed by atoms with Gasteiger partial charge < -0.3 is 9.47 Å². The molecule has 7 nitrogen and oxygen atoms in total. The molecule has 182 valence electrons. The monoisotopic (exact) mass is 483 g/mol. The van der Waals surface area contributed by atoms with Crippen LogP contribution in [0.2, 0.25) is 0 Å². The van der Waals surface area contributed by atoms with E-state index in [-0.39, 0.29) is 17.0 Å². The second kappa shape index (κ2) is 9.88. The van der Waals surface area contributed by atoms with Crippen molar-refractivity contribution >= 4 is 9.84 Å². The first kappa shape index (κ1) is 24.4. The Kier molecular flexibility index (Phi) is 7.09. The third-order valence-corrected chi connectivity index (χ3v) is 8.03. The Morgan fingerprint density at radius 3 is 2.44 bits per heavy atom. The number of sulfone groups is 1. The van der Waals surface area contributed by atoms with Crippen molar-refractivity contribution in [2.24, 2.45) is 0 Å². The maximum atomic E-state index is 13.5. The summed E-state index contributed by atoms with van der Waals surface area (Å²) >= 11 is 0. The standard InChI is InChI=1S/C26H33N3O4S/c1-17(2)23-15-24(19(4)14-18(23)3)25-27-28-26(29(25)20-9-11-21(32-5)12-10-20)34(30,31)16-22-8-6-7-13-33-22/h9-12,14-15,17,22H,6-8,13,16H2,1-5H3. The van der Waals surface area contributed by atoms with E-state index in [1.165, 1.54) is 11.1 Å². The summed E-state index contributed by atoms with van der Waals surface area (Å²) in [6.07, 6.45) is 2.35. The fourth-order valence-electron chi connectivity index (χ4n) is 4.60. The third kappa shape index (κ3) is 4.88. The van der Waals surface area contributed by atoms with Gasteiger partial charge in [0.05, 0.1) is 24.7 Å². The minimum absolute atomic E-state index is 0.0621. The van der Waals surface area contributed by atoms with Crippen molar-refractivity contribution in [3.63, 3.8) is 0 Å². The van der Waals surface area contributed by atoms with Gasteiger partial charge >= 0.3 is 0 Å². The molecule has 3 aromatic rings. The fourth-order valence-corrected chi connectivity index (χ4v) is 6.14. The average molecular weight is 484 g/mol. The summed E-state index contributed by atoms with van der Waals surface area (Å²) in [6.45, 7) is 9.01. The van der Waals surface area contributed by atoms with Gasteiger partial charge in [0.25, 0.3) is 5.16 Å². The van der Waals surface area contributed by atoms with Gasteiger partial charge in [-0.3, -0.25) is 4.57 Å². The van der Waals surface area contributed by atoms with Crippen molar-refractivity contribution in [3.05, 3.63) is 53.1 Å². The van der Waals surface area contributed by atoms with Gasteiger partial charge in [0.15, 0.2) is 5.82 Å². The third-order valence-electron chi connectivity index (χ3n) is 6.40. The number of rotatable bonds is 7. The lowest BCUT2D eigenvalue weighted by atomic mass is 9.93. The van der Waals surface area contributed by atoms with E-state index in [2.05, 4.69) is 43.1 Å². The van der Waals surface area contributed by atoms with E-state index in [1.807, 2.05) is 19.1 Å². The molecule has 0 aliphatic carbocycles. The molecule has 34 heavy (non-hydrogen) atoms. The SMILES string of the molecule is COc1ccc(-n2c(-c3cc(C(C)C)c(C)cc3C)nnc2S(=O)(=O)CC2CCCCO2)cc1. The highest BCUT2D eigenvalue weighted by Gasteiger charge is 2.31. The van der Waals surface area contributed by atoms with Crippen molar-refractivity contribution in [2.45, 2.75) is 64.1 Å². The number of hydrogen-bond acceptors (Lipinski definition) is 6. The van der Waals surface area contributed by atoms with Crippen LogP contribution in [0, 0.1) is 13.8 Å². The second-order valence-electron chi connectivity index (χ2n) is 9.29. The first-order chi connectivity index (χ1) is 16.2. The summed E-state index contributed by atoms with van der Waals surface area (Å²) in [5.74, 6) is 1.41. The molecule has 1 fully saturated rings. The van der Waals surface area contributed by atoms with E-state index in [0.717, 1.165) is 30.4 Å². The van der Waals surface area contributed by atoms with Crippen LogP contribution in [0.4, 0.5) is 0 Å².